The highest BCUT2D eigenvalue weighted by Gasteiger charge is 2.50. The van der Waals surface area contributed by atoms with Gasteiger partial charge in [-0.1, -0.05) is 78.3 Å². The van der Waals surface area contributed by atoms with Crippen molar-refractivity contribution in [1.29, 1.82) is 0 Å². The first kappa shape index (κ1) is 28.4. The lowest BCUT2D eigenvalue weighted by Gasteiger charge is -2.24. The molecule has 0 aliphatic heterocycles. The number of carboxylic acid groups (broad SMARTS) is 1. The van der Waals surface area contributed by atoms with E-state index in [-0.39, 0.29) is 5.25 Å². The van der Waals surface area contributed by atoms with Gasteiger partial charge in [-0.15, -0.1) is 0 Å². The topological polar surface area (TPSA) is 70.4 Å². The van der Waals surface area contributed by atoms with Gasteiger partial charge in [0.2, 0.25) is 0 Å². The van der Waals surface area contributed by atoms with Gasteiger partial charge in [0.25, 0.3) is 0 Å². The van der Waals surface area contributed by atoms with Crippen LogP contribution in [0, 0.1) is 5.41 Å². The van der Waals surface area contributed by atoms with Crippen molar-refractivity contribution in [2.75, 3.05) is 5.75 Å². The predicted molar refractivity (Wildman–Crippen MR) is 167 cm³/mol. The van der Waals surface area contributed by atoms with Crippen LogP contribution in [-0.2, 0) is 16.8 Å². The van der Waals surface area contributed by atoms with E-state index in [1.165, 1.54) is 5.56 Å². The van der Waals surface area contributed by atoms with Crippen molar-refractivity contribution >= 4 is 52.4 Å². The third-order valence-electron chi connectivity index (χ3n) is 7.63. The normalized spacial score (nSPS) is 15.4. The van der Waals surface area contributed by atoms with Crippen LogP contribution < -0.4 is 0 Å². The molecular formula is C34H34ClNO3S. The largest absolute Gasteiger partial charge is 0.481 e. The van der Waals surface area contributed by atoms with Gasteiger partial charge in [-0.3, -0.25) is 4.79 Å². The molecule has 4 nitrogen and oxygen atoms in total. The van der Waals surface area contributed by atoms with Crippen LogP contribution in [0.25, 0.3) is 23.1 Å². The Balaban J connectivity index is 1.38. The predicted octanol–water partition coefficient (Wildman–Crippen LogP) is 8.56. The van der Waals surface area contributed by atoms with E-state index in [0.717, 1.165) is 59.0 Å². The molecule has 1 heterocycles. The molecule has 5 rings (SSSR count). The molecule has 1 aromatic heterocycles. The number of thioether (sulfide) groups is 1. The molecular weight excluding hydrogens is 538 g/mol. The second kappa shape index (κ2) is 11.8. The molecule has 0 radical (unpaired) electrons. The summed E-state index contributed by atoms with van der Waals surface area (Å²) in [6, 6.07) is 26.2. The average molecular weight is 572 g/mol. The number of aliphatic carboxylic acids is 1. The molecule has 0 amide bonds. The van der Waals surface area contributed by atoms with Gasteiger partial charge in [0.1, 0.15) is 0 Å². The zero-order chi connectivity index (χ0) is 28.3. The Morgan fingerprint density at radius 1 is 1.05 bits per heavy atom. The Labute approximate surface area is 245 Å². The summed E-state index contributed by atoms with van der Waals surface area (Å²) in [7, 11) is 0. The Hall–Kier alpha value is -3.12. The van der Waals surface area contributed by atoms with Gasteiger partial charge >= 0.3 is 5.97 Å². The average Bonchev–Trinajstić information content (AvgIpc) is 3.73. The molecule has 1 unspecified atom stereocenters. The molecule has 1 saturated carbocycles. The highest BCUT2D eigenvalue weighted by atomic mass is 35.5. The van der Waals surface area contributed by atoms with Crippen molar-refractivity contribution < 1.29 is 15.0 Å². The SMILES string of the molecule is CC(C)(O)c1ccccc1CCC(SCC1(C(=O)O)CC1)c1cccc(/C=C/c2ccc3ccc(Cl)cc3n2)c1. The summed E-state index contributed by atoms with van der Waals surface area (Å²) >= 11 is 7.90. The van der Waals surface area contributed by atoms with E-state index in [0.29, 0.717) is 10.8 Å². The minimum Gasteiger partial charge on any atom is -0.481 e. The fourth-order valence-electron chi connectivity index (χ4n) is 5.04. The third kappa shape index (κ3) is 6.77. The summed E-state index contributed by atoms with van der Waals surface area (Å²) in [4.78, 5) is 16.6. The standard InChI is InChI=1S/C34H34ClNO3S/c1-33(2,39)29-9-4-3-7-24(29)13-17-31(40-22-34(18-19-34)32(37)38)26-8-5-6-23(20-26)10-15-28-16-12-25-11-14-27(35)21-30(25)36-28/h3-12,14-16,20-21,31,39H,13,17-19,22H2,1-2H3,(H,37,38)/b15-10+. The molecule has 1 aliphatic carbocycles. The summed E-state index contributed by atoms with van der Waals surface area (Å²) in [6.07, 6.45) is 7.19. The molecule has 4 aromatic rings. The highest BCUT2D eigenvalue weighted by molar-refractivity contribution is 7.99. The molecule has 0 spiro atoms. The molecule has 0 saturated heterocycles. The van der Waals surface area contributed by atoms with Crippen LogP contribution in [0.15, 0.2) is 78.9 Å². The minimum atomic E-state index is -0.923. The number of aromatic nitrogens is 1. The van der Waals surface area contributed by atoms with E-state index in [9.17, 15) is 15.0 Å². The number of fused-ring (bicyclic) bond motifs is 1. The van der Waals surface area contributed by atoms with Crippen LogP contribution >= 0.6 is 23.4 Å². The molecule has 6 heteroatoms. The first-order valence-electron chi connectivity index (χ1n) is 13.6. The van der Waals surface area contributed by atoms with Crippen LogP contribution in [0.1, 0.15) is 66.3 Å². The molecule has 0 bridgehead atoms. The van der Waals surface area contributed by atoms with E-state index >= 15 is 0 Å². The van der Waals surface area contributed by atoms with Crippen molar-refractivity contribution in [3.63, 3.8) is 0 Å². The number of benzene rings is 3. The van der Waals surface area contributed by atoms with E-state index < -0.39 is 17.0 Å². The Morgan fingerprint density at radius 3 is 2.58 bits per heavy atom. The van der Waals surface area contributed by atoms with Gasteiger partial charge in [0, 0.05) is 21.4 Å². The van der Waals surface area contributed by atoms with Crippen LogP contribution in [-0.4, -0.2) is 26.9 Å². The highest BCUT2D eigenvalue weighted by Crippen LogP contribution is 2.51. The summed E-state index contributed by atoms with van der Waals surface area (Å²) < 4.78 is 0. The number of hydrogen-bond acceptors (Lipinski definition) is 4. The van der Waals surface area contributed by atoms with E-state index in [1.807, 2.05) is 68.5 Å². The van der Waals surface area contributed by atoms with Crippen molar-refractivity contribution in [1.82, 2.24) is 4.98 Å². The summed E-state index contributed by atoms with van der Waals surface area (Å²) in [5.74, 6) is -0.0870. The first-order chi connectivity index (χ1) is 19.1. The number of carboxylic acids is 1. The molecule has 1 aliphatic rings. The number of pyridine rings is 1. The van der Waals surface area contributed by atoms with Crippen LogP contribution in [0.4, 0.5) is 0 Å². The Bertz CT molecular complexity index is 1550. The number of hydrogen-bond donors (Lipinski definition) is 2. The maximum atomic E-state index is 11.9. The Morgan fingerprint density at radius 2 is 1.82 bits per heavy atom. The van der Waals surface area contributed by atoms with Crippen molar-refractivity contribution in [3.05, 3.63) is 112 Å². The van der Waals surface area contributed by atoms with Gasteiger partial charge in [-0.05, 0) is 86.1 Å². The maximum Gasteiger partial charge on any atom is 0.310 e. The van der Waals surface area contributed by atoms with E-state index in [1.54, 1.807) is 11.8 Å². The molecule has 40 heavy (non-hydrogen) atoms. The number of halogens is 1. The number of rotatable bonds is 11. The fourth-order valence-corrected chi connectivity index (χ4v) is 6.76. The smallest absolute Gasteiger partial charge is 0.310 e. The molecule has 2 N–H and O–H groups in total. The second-order valence-corrected chi connectivity index (χ2v) is 12.8. The van der Waals surface area contributed by atoms with Crippen LogP contribution in [0.3, 0.4) is 0 Å². The zero-order valence-electron chi connectivity index (χ0n) is 22.8. The quantitative estimate of drug-likeness (QED) is 0.189. The van der Waals surface area contributed by atoms with Gasteiger partial charge < -0.3 is 10.2 Å². The molecule has 1 atom stereocenters. The van der Waals surface area contributed by atoms with Gasteiger partial charge in [0.15, 0.2) is 0 Å². The third-order valence-corrected chi connectivity index (χ3v) is 9.49. The van der Waals surface area contributed by atoms with Gasteiger partial charge in [-0.2, -0.15) is 11.8 Å². The first-order valence-corrected chi connectivity index (χ1v) is 15.1. The monoisotopic (exact) mass is 571 g/mol. The van der Waals surface area contributed by atoms with Crippen molar-refractivity contribution in [2.45, 2.75) is 50.4 Å². The Kier molecular flexibility index (Phi) is 8.37. The lowest BCUT2D eigenvalue weighted by Crippen LogP contribution is -2.19. The lowest BCUT2D eigenvalue weighted by atomic mass is 9.90. The number of nitrogens with zero attached hydrogens (tertiary/aromatic N) is 1. The van der Waals surface area contributed by atoms with Crippen molar-refractivity contribution in [2.24, 2.45) is 5.41 Å². The second-order valence-electron chi connectivity index (χ2n) is 11.2. The summed E-state index contributed by atoms with van der Waals surface area (Å²) in [6.45, 7) is 3.63. The number of aliphatic hydroxyl groups is 1. The molecule has 3 aromatic carbocycles. The van der Waals surface area contributed by atoms with E-state index in [4.69, 9.17) is 16.6 Å². The molecule has 1 fully saturated rings. The van der Waals surface area contributed by atoms with Crippen LogP contribution in [0.5, 0.6) is 0 Å². The summed E-state index contributed by atoms with van der Waals surface area (Å²) in [5.41, 5.74) is 4.50. The minimum absolute atomic E-state index is 0.126. The zero-order valence-corrected chi connectivity index (χ0v) is 24.4. The number of aryl methyl sites for hydroxylation is 1. The van der Waals surface area contributed by atoms with E-state index in [2.05, 4.69) is 36.4 Å². The number of carbonyl (C=O) groups is 1. The molecule has 206 valence electrons. The maximum absolute atomic E-state index is 11.9. The van der Waals surface area contributed by atoms with Gasteiger partial charge in [-0.25, -0.2) is 4.98 Å². The summed E-state index contributed by atoms with van der Waals surface area (Å²) in [5, 5.41) is 22.3. The lowest BCUT2D eigenvalue weighted by molar-refractivity contribution is -0.142. The van der Waals surface area contributed by atoms with Gasteiger partial charge in [0.05, 0.1) is 22.2 Å². The van der Waals surface area contributed by atoms with Crippen molar-refractivity contribution in [3.8, 4) is 0 Å². The fraction of sp³-hybridized carbons (Fsp3) is 0.294. The van der Waals surface area contributed by atoms with Crippen LogP contribution in [0.2, 0.25) is 5.02 Å².